The second-order valence-corrected chi connectivity index (χ2v) is 11.5. The highest BCUT2D eigenvalue weighted by molar-refractivity contribution is 7.93. The summed E-state index contributed by atoms with van der Waals surface area (Å²) in [5.41, 5.74) is 3.10. The average molecular weight is 435 g/mol. The number of anilines is 1. The van der Waals surface area contributed by atoms with Gasteiger partial charge in [-0.05, 0) is 68.1 Å². The van der Waals surface area contributed by atoms with Crippen LogP contribution in [0.25, 0.3) is 0 Å². The number of nitrogens with zero attached hydrogens (tertiary/aromatic N) is 1. The van der Waals surface area contributed by atoms with Crippen LogP contribution >= 0.6 is 11.3 Å². The quantitative estimate of drug-likeness (QED) is 0.547. The largest absolute Gasteiger partial charge is 0.383 e. The van der Waals surface area contributed by atoms with E-state index in [0.717, 1.165) is 41.0 Å². The molecule has 2 amide bonds. The zero-order valence-corrected chi connectivity index (χ0v) is 18.4. The van der Waals surface area contributed by atoms with Gasteiger partial charge in [-0.15, -0.1) is 11.3 Å². The van der Waals surface area contributed by atoms with E-state index in [1.165, 1.54) is 24.6 Å². The second kappa shape index (κ2) is 7.07. The van der Waals surface area contributed by atoms with E-state index in [-0.39, 0.29) is 4.21 Å². The molecule has 2 aromatic rings. The Hall–Kier alpha value is -1.97. The first-order valence-electron chi connectivity index (χ1n) is 9.77. The average Bonchev–Trinajstić information content (AvgIpc) is 3.29. The Morgan fingerprint density at radius 2 is 2.10 bits per heavy atom. The topological polar surface area (TPSA) is 115 Å². The molecule has 0 aliphatic heterocycles. The van der Waals surface area contributed by atoms with Crippen molar-refractivity contribution in [3.05, 3.63) is 40.0 Å². The number of fused-ring (bicyclic) bond motifs is 1. The van der Waals surface area contributed by atoms with Crippen LogP contribution in [0.3, 0.4) is 0 Å². The number of amides is 2. The van der Waals surface area contributed by atoms with E-state index >= 15 is 0 Å². The summed E-state index contributed by atoms with van der Waals surface area (Å²) < 4.78 is 23.4. The van der Waals surface area contributed by atoms with Crippen molar-refractivity contribution in [1.82, 2.24) is 9.71 Å². The van der Waals surface area contributed by atoms with Gasteiger partial charge in [0.15, 0.2) is 9.92 Å². The monoisotopic (exact) mass is 434 g/mol. The van der Waals surface area contributed by atoms with Crippen molar-refractivity contribution in [1.29, 1.82) is 4.78 Å². The van der Waals surface area contributed by atoms with Crippen molar-refractivity contribution >= 4 is 33.0 Å². The number of aryl methyl sites for hydroxylation is 1. The molecule has 2 unspecified atom stereocenters. The molecule has 1 aromatic carbocycles. The highest BCUT2D eigenvalue weighted by atomic mass is 32.2. The van der Waals surface area contributed by atoms with E-state index in [0.29, 0.717) is 16.8 Å². The van der Waals surface area contributed by atoms with Gasteiger partial charge in [-0.3, -0.25) is 0 Å². The van der Waals surface area contributed by atoms with Crippen LogP contribution in [0.4, 0.5) is 10.5 Å². The minimum atomic E-state index is -3.58. The van der Waals surface area contributed by atoms with Gasteiger partial charge in [0.1, 0.15) is 14.8 Å². The lowest BCUT2D eigenvalue weighted by Crippen LogP contribution is -2.34. The van der Waals surface area contributed by atoms with Crippen LogP contribution in [-0.4, -0.2) is 20.3 Å². The number of benzene rings is 1. The van der Waals surface area contributed by atoms with Gasteiger partial charge in [-0.25, -0.2) is 23.5 Å². The number of aromatic nitrogens is 1. The van der Waals surface area contributed by atoms with E-state index in [1.54, 1.807) is 13.8 Å². The Morgan fingerprint density at radius 3 is 2.66 bits per heavy atom. The van der Waals surface area contributed by atoms with Crippen molar-refractivity contribution in [2.75, 3.05) is 5.32 Å². The van der Waals surface area contributed by atoms with E-state index < -0.39 is 21.5 Å². The van der Waals surface area contributed by atoms with Gasteiger partial charge in [0, 0.05) is 5.69 Å². The number of aliphatic hydroxyl groups is 1. The van der Waals surface area contributed by atoms with Crippen LogP contribution in [-0.2, 0) is 28.4 Å². The standard InChI is InChI=1S/C20H26N4O3S2/c1-11(12-4-5-12)14-8-6-13-7-9-15(13)17(14)23-19(25)24-29(21,27)16-10-22-18(28-16)20(2,3)26/h6,8,10-12,26H,4-5,7,9H2,1-3H3,(H3,21,23,24,25,27). The molecule has 1 fully saturated rings. The Labute approximate surface area is 175 Å². The molecular weight excluding hydrogens is 408 g/mol. The molecule has 4 rings (SSSR count). The Bertz CT molecular complexity index is 1070. The highest BCUT2D eigenvalue weighted by Crippen LogP contribution is 2.46. The molecule has 2 atom stereocenters. The molecule has 29 heavy (non-hydrogen) atoms. The van der Waals surface area contributed by atoms with Crippen LogP contribution in [0.2, 0.25) is 0 Å². The lowest BCUT2D eigenvalue weighted by Gasteiger charge is -2.27. The summed E-state index contributed by atoms with van der Waals surface area (Å²) in [6.45, 7) is 5.32. The molecular formula is C20H26N4O3S2. The van der Waals surface area contributed by atoms with Crippen molar-refractivity contribution in [2.45, 2.75) is 62.2 Å². The molecule has 156 valence electrons. The third kappa shape index (κ3) is 4.04. The third-order valence-electron chi connectivity index (χ3n) is 5.67. The van der Waals surface area contributed by atoms with Gasteiger partial charge < -0.3 is 10.4 Å². The number of nitrogens with one attached hydrogen (secondary N) is 3. The van der Waals surface area contributed by atoms with Gasteiger partial charge in [0.05, 0.1) is 6.20 Å². The normalized spacial score (nSPS) is 18.9. The fraction of sp³-hybridized carbons (Fsp3) is 0.500. The van der Waals surface area contributed by atoms with Crippen molar-refractivity contribution in [2.24, 2.45) is 5.92 Å². The summed E-state index contributed by atoms with van der Waals surface area (Å²) in [6.07, 6.45) is 5.61. The molecule has 2 aliphatic carbocycles. The van der Waals surface area contributed by atoms with Crippen LogP contribution in [0.1, 0.15) is 61.2 Å². The number of carbonyl (C=O) groups is 1. The fourth-order valence-electron chi connectivity index (χ4n) is 3.68. The number of rotatable bonds is 6. The van der Waals surface area contributed by atoms with Crippen molar-refractivity contribution in [3.63, 3.8) is 0 Å². The number of urea groups is 1. The number of thiazole rings is 1. The van der Waals surface area contributed by atoms with E-state index in [1.807, 2.05) is 0 Å². The molecule has 4 N–H and O–H groups in total. The summed E-state index contributed by atoms with van der Waals surface area (Å²) in [5.74, 6) is 1.00. The van der Waals surface area contributed by atoms with Gasteiger partial charge in [0.2, 0.25) is 0 Å². The Kier molecular flexibility index (Phi) is 4.95. The highest BCUT2D eigenvalue weighted by Gasteiger charge is 2.33. The molecule has 0 saturated heterocycles. The predicted molar refractivity (Wildman–Crippen MR) is 114 cm³/mol. The van der Waals surface area contributed by atoms with E-state index in [9.17, 15) is 14.1 Å². The number of hydrogen-bond acceptors (Lipinski definition) is 6. The maximum Gasteiger partial charge on any atom is 0.331 e. The third-order valence-corrected chi connectivity index (χ3v) is 8.88. The summed E-state index contributed by atoms with van der Waals surface area (Å²) in [4.78, 5) is 16.7. The van der Waals surface area contributed by atoms with Gasteiger partial charge in [-0.2, -0.15) is 0 Å². The molecule has 9 heteroatoms. The maximum atomic E-state index is 12.8. The predicted octanol–water partition coefficient (Wildman–Crippen LogP) is 4.12. The first kappa shape index (κ1) is 20.3. The molecule has 0 bridgehead atoms. The van der Waals surface area contributed by atoms with Crippen LogP contribution in [0, 0.1) is 10.7 Å². The van der Waals surface area contributed by atoms with Crippen molar-refractivity contribution < 1.29 is 14.1 Å². The molecule has 7 nitrogen and oxygen atoms in total. The molecule has 1 aromatic heterocycles. The maximum absolute atomic E-state index is 12.8. The summed E-state index contributed by atoms with van der Waals surface area (Å²) in [6, 6.07) is 3.57. The smallest absolute Gasteiger partial charge is 0.331 e. The summed E-state index contributed by atoms with van der Waals surface area (Å²) in [7, 11) is -3.58. The zero-order valence-electron chi connectivity index (χ0n) is 16.7. The van der Waals surface area contributed by atoms with Crippen LogP contribution in [0.15, 0.2) is 22.5 Å². The molecule has 0 radical (unpaired) electrons. The number of hydrogen-bond donors (Lipinski definition) is 4. The molecule has 1 heterocycles. The Morgan fingerprint density at radius 1 is 1.38 bits per heavy atom. The second-order valence-electron chi connectivity index (χ2n) is 8.45. The van der Waals surface area contributed by atoms with Gasteiger partial charge in [0.25, 0.3) is 0 Å². The summed E-state index contributed by atoms with van der Waals surface area (Å²) in [5, 5.41) is 13.3. The van der Waals surface area contributed by atoms with Crippen LogP contribution < -0.4 is 10.0 Å². The zero-order chi connectivity index (χ0) is 21.0. The van der Waals surface area contributed by atoms with E-state index in [4.69, 9.17) is 4.78 Å². The minimum absolute atomic E-state index is 0.109. The Balaban J connectivity index is 1.54. The first-order valence-corrected chi connectivity index (χ1v) is 12.1. The van der Waals surface area contributed by atoms with Gasteiger partial charge >= 0.3 is 6.03 Å². The first-order chi connectivity index (χ1) is 13.6. The SMILES string of the molecule is CC(c1ccc2c(c1NC(=O)NS(=N)(=O)c1cnc(C(C)(C)O)s1)CC2)C1CC1. The summed E-state index contributed by atoms with van der Waals surface area (Å²) >= 11 is 0.965. The van der Waals surface area contributed by atoms with E-state index in [2.05, 4.69) is 34.1 Å². The lowest BCUT2D eigenvalue weighted by molar-refractivity contribution is 0.0783. The fourth-order valence-corrected chi connectivity index (χ4v) is 5.78. The number of carbonyl (C=O) groups excluding carboxylic acids is 1. The molecule has 0 spiro atoms. The van der Waals surface area contributed by atoms with Crippen LogP contribution in [0.5, 0.6) is 0 Å². The van der Waals surface area contributed by atoms with Crippen molar-refractivity contribution in [3.8, 4) is 0 Å². The minimum Gasteiger partial charge on any atom is -0.383 e. The van der Waals surface area contributed by atoms with Gasteiger partial charge in [-0.1, -0.05) is 19.1 Å². The molecule has 2 aliphatic rings. The lowest BCUT2D eigenvalue weighted by atomic mass is 9.82. The molecule has 1 saturated carbocycles.